The van der Waals surface area contributed by atoms with Crippen LogP contribution < -0.4 is 5.73 Å². The largest absolute Gasteiger partial charge is 0.382 e. The topological polar surface area (TPSA) is 62.9 Å². The fraction of sp³-hybridized carbons (Fsp3) is 1.00. The Morgan fingerprint density at radius 3 is 2.21 bits per heavy atom. The van der Waals surface area contributed by atoms with E-state index in [1.54, 1.807) is 7.11 Å². The van der Waals surface area contributed by atoms with Crippen LogP contribution in [0.25, 0.3) is 0 Å². The lowest BCUT2D eigenvalue weighted by atomic mass is 9.86. The fourth-order valence-corrected chi connectivity index (χ4v) is 2.39. The van der Waals surface area contributed by atoms with E-state index in [2.05, 4.69) is 0 Å². The van der Waals surface area contributed by atoms with Gasteiger partial charge in [0.15, 0.2) is 0 Å². The van der Waals surface area contributed by atoms with E-state index in [0.29, 0.717) is 51.7 Å². The molecule has 0 bridgehead atoms. The van der Waals surface area contributed by atoms with Crippen LogP contribution in [0.15, 0.2) is 0 Å². The summed E-state index contributed by atoms with van der Waals surface area (Å²) in [5.41, 5.74) is 5.77. The minimum absolute atomic E-state index is 0.334. The molecule has 0 amide bonds. The molecule has 0 aliphatic heterocycles. The first kappa shape index (κ1) is 16.9. The third-order valence-corrected chi connectivity index (χ3v) is 3.51. The zero-order valence-electron chi connectivity index (χ0n) is 12.1. The lowest BCUT2D eigenvalue weighted by Gasteiger charge is -2.30. The Balaban J connectivity index is 1.89. The van der Waals surface area contributed by atoms with Crippen molar-refractivity contribution in [3.63, 3.8) is 0 Å². The summed E-state index contributed by atoms with van der Waals surface area (Å²) >= 11 is 0. The molecule has 0 saturated heterocycles. The zero-order valence-corrected chi connectivity index (χ0v) is 12.1. The molecule has 1 aliphatic rings. The van der Waals surface area contributed by atoms with Gasteiger partial charge in [-0.25, -0.2) is 0 Å². The van der Waals surface area contributed by atoms with E-state index in [9.17, 15) is 0 Å². The monoisotopic (exact) mass is 275 g/mol. The minimum Gasteiger partial charge on any atom is -0.382 e. The van der Waals surface area contributed by atoms with Crippen molar-refractivity contribution >= 4 is 0 Å². The van der Waals surface area contributed by atoms with E-state index in [0.717, 1.165) is 13.0 Å². The smallest absolute Gasteiger partial charge is 0.0704 e. The Morgan fingerprint density at radius 1 is 0.895 bits per heavy atom. The maximum absolute atomic E-state index is 5.87. The highest BCUT2D eigenvalue weighted by Gasteiger charge is 2.24. The molecule has 0 aromatic heterocycles. The van der Waals surface area contributed by atoms with Crippen LogP contribution in [0, 0.1) is 5.92 Å². The van der Waals surface area contributed by atoms with Crippen molar-refractivity contribution in [2.24, 2.45) is 11.7 Å². The van der Waals surface area contributed by atoms with E-state index >= 15 is 0 Å². The first-order valence-corrected chi connectivity index (χ1v) is 7.34. The molecule has 0 aromatic rings. The first-order valence-electron chi connectivity index (χ1n) is 7.34. The van der Waals surface area contributed by atoms with Gasteiger partial charge >= 0.3 is 0 Å². The highest BCUT2D eigenvalue weighted by Crippen LogP contribution is 2.25. The van der Waals surface area contributed by atoms with E-state index < -0.39 is 0 Å². The molecule has 0 aromatic carbocycles. The van der Waals surface area contributed by atoms with Crippen LogP contribution in [-0.2, 0) is 18.9 Å². The fourth-order valence-electron chi connectivity index (χ4n) is 2.39. The predicted octanol–water partition coefficient (Wildman–Crippen LogP) is 1.20. The summed E-state index contributed by atoms with van der Waals surface area (Å²) < 4.78 is 21.5. The van der Waals surface area contributed by atoms with Crippen molar-refractivity contribution in [3.05, 3.63) is 0 Å². The van der Waals surface area contributed by atoms with Gasteiger partial charge in [0, 0.05) is 7.11 Å². The van der Waals surface area contributed by atoms with E-state index in [4.69, 9.17) is 24.7 Å². The summed E-state index contributed by atoms with van der Waals surface area (Å²) in [6.45, 7) is 4.48. The van der Waals surface area contributed by atoms with Crippen LogP contribution in [-0.4, -0.2) is 59.4 Å². The van der Waals surface area contributed by atoms with E-state index in [-0.39, 0.29) is 0 Å². The maximum Gasteiger partial charge on any atom is 0.0704 e. The van der Waals surface area contributed by atoms with Gasteiger partial charge in [-0.15, -0.1) is 0 Å². The average molecular weight is 275 g/mol. The average Bonchev–Trinajstić information content (AvgIpc) is 2.46. The van der Waals surface area contributed by atoms with Crippen molar-refractivity contribution in [2.45, 2.75) is 31.8 Å². The standard InChI is InChI=1S/C14H29NO4/c1-16-6-7-17-8-9-18-10-11-19-14-5-3-2-4-13(14)12-15/h13-14H,2-12,15H2,1H3. The van der Waals surface area contributed by atoms with Crippen LogP contribution in [0.4, 0.5) is 0 Å². The van der Waals surface area contributed by atoms with Crippen molar-refractivity contribution in [3.8, 4) is 0 Å². The number of methoxy groups -OCH3 is 1. The van der Waals surface area contributed by atoms with Crippen molar-refractivity contribution in [2.75, 3.05) is 53.3 Å². The second-order valence-electron chi connectivity index (χ2n) is 4.91. The number of ether oxygens (including phenoxy) is 4. The second kappa shape index (κ2) is 11.6. The SMILES string of the molecule is COCCOCCOCCOC1CCCCC1CN. The lowest BCUT2D eigenvalue weighted by molar-refractivity contribution is -0.0439. The molecule has 114 valence electrons. The number of nitrogens with two attached hydrogens (primary N) is 1. The van der Waals surface area contributed by atoms with Crippen molar-refractivity contribution in [1.82, 2.24) is 0 Å². The quantitative estimate of drug-likeness (QED) is 0.574. The van der Waals surface area contributed by atoms with E-state index in [1.807, 2.05) is 0 Å². The summed E-state index contributed by atoms with van der Waals surface area (Å²) in [6, 6.07) is 0. The third-order valence-electron chi connectivity index (χ3n) is 3.51. The molecule has 1 rings (SSSR count). The van der Waals surface area contributed by atoms with Crippen molar-refractivity contribution < 1.29 is 18.9 Å². The number of rotatable bonds is 11. The molecular weight excluding hydrogens is 246 g/mol. The summed E-state index contributed by atoms with van der Waals surface area (Å²) in [5.74, 6) is 0.533. The van der Waals surface area contributed by atoms with Gasteiger partial charge in [-0.2, -0.15) is 0 Å². The van der Waals surface area contributed by atoms with Crippen LogP contribution >= 0.6 is 0 Å². The predicted molar refractivity (Wildman–Crippen MR) is 74.3 cm³/mol. The van der Waals surface area contributed by atoms with Crippen LogP contribution in [0.1, 0.15) is 25.7 Å². The first-order chi connectivity index (χ1) is 9.38. The highest BCUT2D eigenvalue weighted by atomic mass is 16.6. The molecule has 1 saturated carbocycles. The number of hydrogen-bond donors (Lipinski definition) is 1. The van der Waals surface area contributed by atoms with Crippen LogP contribution in [0.3, 0.4) is 0 Å². The molecule has 0 spiro atoms. The van der Waals surface area contributed by atoms with Gasteiger partial charge in [0.05, 0.1) is 45.7 Å². The van der Waals surface area contributed by atoms with Gasteiger partial charge in [0.25, 0.3) is 0 Å². The maximum atomic E-state index is 5.87. The van der Waals surface area contributed by atoms with Gasteiger partial charge in [0.1, 0.15) is 0 Å². The molecule has 2 N–H and O–H groups in total. The Morgan fingerprint density at radius 2 is 1.53 bits per heavy atom. The molecule has 5 nitrogen and oxygen atoms in total. The van der Waals surface area contributed by atoms with Gasteiger partial charge in [-0.05, 0) is 25.3 Å². The van der Waals surface area contributed by atoms with Gasteiger partial charge < -0.3 is 24.7 Å². The van der Waals surface area contributed by atoms with Gasteiger partial charge in [0.2, 0.25) is 0 Å². The molecule has 2 atom stereocenters. The molecule has 0 radical (unpaired) electrons. The molecule has 19 heavy (non-hydrogen) atoms. The summed E-state index contributed by atoms with van der Waals surface area (Å²) in [4.78, 5) is 0. The minimum atomic E-state index is 0.334. The highest BCUT2D eigenvalue weighted by molar-refractivity contribution is 4.76. The molecule has 0 heterocycles. The number of hydrogen-bond acceptors (Lipinski definition) is 5. The zero-order chi connectivity index (χ0) is 13.8. The Hall–Kier alpha value is -0.200. The normalized spacial score (nSPS) is 23.7. The molecule has 1 fully saturated rings. The molecule has 1 aliphatic carbocycles. The van der Waals surface area contributed by atoms with Crippen molar-refractivity contribution in [1.29, 1.82) is 0 Å². The Kier molecular flexibility index (Phi) is 10.3. The van der Waals surface area contributed by atoms with E-state index in [1.165, 1.54) is 19.3 Å². The van der Waals surface area contributed by atoms with Crippen LogP contribution in [0.5, 0.6) is 0 Å². The van der Waals surface area contributed by atoms with Crippen LogP contribution in [0.2, 0.25) is 0 Å². The Labute approximate surface area is 116 Å². The second-order valence-corrected chi connectivity index (χ2v) is 4.91. The third kappa shape index (κ3) is 7.84. The summed E-state index contributed by atoms with van der Waals surface area (Å²) in [6.07, 6.45) is 5.23. The van der Waals surface area contributed by atoms with Gasteiger partial charge in [-0.3, -0.25) is 0 Å². The Bertz CT molecular complexity index is 204. The molecule has 2 unspecified atom stereocenters. The lowest BCUT2D eigenvalue weighted by Crippen LogP contribution is -2.34. The summed E-state index contributed by atoms with van der Waals surface area (Å²) in [5, 5.41) is 0. The molecular formula is C14H29NO4. The summed E-state index contributed by atoms with van der Waals surface area (Å²) in [7, 11) is 1.66. The molecule has 5 heteroatoms. The van der Waals surface area contributed by atoms with Gasteiger partial charge in [-0.1, -0.05) is 12.8 Å².